The second kappa shape index (κ2) is 8.51. The van der Waals surface area contributed by atoms with E-state index in [2.05, 4.69) is 10.3 Å². The maximum atomic E-state index is 12.9. The van der Waals surface area contributed by atoms with Crippen LogP contribution in [0.1, 0.15) is 30.1 Å². The van der Waals surface area contributed by atoms with Gasteiger partial charge in [0.15, 0.2) is 11.5 Å². The van der Waals surface area contributed by atoms with Gasteiger partial charge in [0.05, 0.1) is 18.6 Å². The minimum absolute atomic E-state index is 0.206. The number of hydrogen-bond acceptors (Lipinski definition) is 5. The van der Waals surface area contributed by atoms with Gasteiger partial charge in [-0.2, -0.15) is 0 Å². The van der Waals surface area contributed by atoms with Gasteiger partial charge in [0.1, 0.15) is 16.8 Å². The predicted molar refractivity (Wildman–Crippen MR) is 121 cm³/mol. The fraction of sp³-hybridized carbons (Fsp3) is 0.208. The van der Waals surface area contributed by atoms with Gasteiger partial charge in [-0.05, 0) is 43.5 Å². The van der Waals surface area contributed by atoms with Crippen molar-refractivity contribution in [3.05, 3.63) is 71.1 Å². The summed E-state index contributed by atoms with van der Waals surface area (Å²) in [6.07, 6.45) is 0.372. The van der Waals surface area contributed by atoms with Crippen LogP contribution in [0.15, 0.2) is 59.0 Å². The first-order valence-electron chi connectivity index (χ1n) is 10.00. The van der Waals surface area contributed by atoms with Gasteiger partial charge in [0.25, 0.3) is 5.91 Å². The highest BCUT2D eigenvalue weighted by Crippen LogP contribution is 2.31. The SMILES string of the molecule is CC(C)(NC(=O)c1ccc2ccccc2c1OCCc1nc2cc(Cl)ccc2o1)C(=O)O. The second-order valence-corrected chi connectivity index (χ2v) is 8.30. The Kier molecular flexibility index (Phi) is 5.76. The molecule has 0 fully saturated rings. The number of carboxylic acids is 1. The summed E-state index contributed by atoms with van der Waals surface area (Å²) in [6.45, 7) is 3.06. The Labute approximate surface area is 189 Å². The Bertz CT molecular complexity index is 1330. The van der Waals surface area contributed by atoms with E-state index in [-0.39, 0.29) is 12.2 Å². The van der Waals surface area contributed by atoms with E-state index >= 15 is 0 Å². The molecule has 4 rings (SSSR count). The molecule has 0 unspecified atom stereocenters. The number of aliphatic carboxylic acids is 1. The number of aromatic nitrogens is 1. The van der Waals surface area contributed by atoms with Crippen molar-refractivity contribution in [2.24, 2.45) is 0 Å². The number of benzene rings is 3. The summed E-state index contributed by atoms with van der Waals surface area (Å²) in [4.78, 5) is 28.8. The molecule has 32 heavy (non-hydrogen) atoms. The van der Waals surface area contributed by atoms with Crippen LogP contribution in [0.2, 0.25) is 5.02 Å². The van der Waals surface area contributed by atoms with Gasteiger partial charge >= 0.3 is 5.97 Å². The number of ether oxygens (including phenoxy) is 1. The molecule has 0 spiro atoms. The van der Waals surface area contributed by atoms with Crippen molar-refractivity contribution in [1.82, 2.24) is 10.3 Å². The Morgan fingerprint density at radius 3 is 2.72 bits per heavy atom. The smallest absolute Gasteiger partial charge is 0.328 e. The molecular formula is C24H21ClN2O5. The number of nitrogens with zero attached hydrogens (tertiary/aromatic N) is 1. The van der Waals surface area contributed by atoms with Crippen molar-refractivity contribution in [3.63, 3.8) is 0 Å². The maximum Gasteiger partial charge on any atom is 0.328 e. The quantitative estimate of drug-likeness (QED) is 0.415. The van der Waals surface area contributed by atoms with Crippen molar-refractivity contribution >= 4 is 45.3 Å². The zero-order valence-corrected chi connectivity index (χ0v) is 18.3. The monoisotopic (exact) mass is 452 g/mol. The van der Waals surface area contributed by atoms with E-state index in [1.807, 2.05) is 24.3 Å². The van der Waals surface area contributed by atoms with Gasteiger partial charge in [-0.3, -0.25) is 4.79 Å². The predicted octanol–water partition coefficient (Wildman–Crippen LogP) is 4.85. The van der Waals surface area contributed by atoms with Gasteiger partial charge in [-0.1, -0.05) is 41.9 Å². The number of halogens is 1. The third-order valence-corrected chi connectivity index (χ3v) is 5.28. The summed E-state index contributed by atoms with van der Waals surface area (Å²) in [5.41, 5.74) is 0.112. The molecule has 2 N–H and O–H groups in total. The van der Waals surface area contributed by atoms with Gasteiger partial charge in [0.2, 0.25) is 0 Å². The molecule has 0 aliphatic rings. The zero-order valence-electron chi connectivity index (χ0n) is 17.5. The van der Waals surface area contributed by atoms with Crippen molar-refractivity contribution in [2.75, 3.05) is 6.61 Å². The van der Waals surface area contributed by atoms with E-state index < -0.39 is 17.4 Å². The van der Waals surface area contributed by atoms with Crippen LogP contribution in [-0.2, 0) is 11.2 Å². The van der Waals surface area contributed by atoms with Crippen LogP contribution >= 0.6 is 11.6 Å². The maximum absolute atomic E-state index is 12.9. The summed E-state index contributed by atoms with van der Waals surface area (Å²) in [5, 5.41) is 14.1. The number of amides is 1. The fourth-order valence-electron chi connectivity index (χ4n) is 3.28. The Hall–Kier alpha value is -3.58. The normalized spacial score (nSPS) is 11.6. The number of nitrogens with one attached hydrogen (secondary N) is 1. The number of fused-ring (bicyclic) bond motifs is 2. The third kappa shape index (κ3) is 4.38. The van der Waals surface area contributed by atoms with Crippen molar-refractivity contribution in [2.45, 2.75) is 25.8 Å². The molecule has 3 aromatic carbocycles. The minimum atomic E-state index is -1.43. The van der Waals surface area contributed by atoms with E-state index in [1.54, 1.807) is 30.3 Å². The molecular weight excluding hydrogens is 432 g/mol. The van der Waals surface area contributed by atoms with Crippen LogP contribution in [0.3, 0.4) is 0 Å². The molecule has 0 atom stereocenters. The number of rotatable bonds is 7. The second-order valence-electron chi connectivity index (χ2n) is 7.87. The van der Waals surface area contributed by atoms with Crippen LogP contribution in [0.5, 0.6) is 5.75 Å². The van der Waals surface area contributed by atoms with Crippen LogP contribution in [0.25, 0.3) is 21.9 Å². The van der Waals surface area contributed by atoms with E-state index in [4.69, 9.17) is 20.8 Å². The molecule has 0 saturated heterocycles. The summed E-state index contributed by atoms with van der Waals surface area (Å²) >= 11 is 6.00. The van der Waals surface area contributed by atoms with Crippen molar-refractivity contribution in [1.29, 1.82) is 0 Å². The minimum Gasteiger partial charge on any atom is -0.492 e. The molecule has 0 radical (unpaired) electrons. The first-order chi connectivity index (χ1) is 15.2. The van der Waals surface area contributed by atoms with Gasteiger partial charge < -0.3 is 19.6 Å². The number of hydrogen-bond donors (Lipinski definition) is 2. The van der Waals surface area contributed by atoms with Gasteiger partial charge in [-0.15, -0.1) is 0 Å². The highest BCUT2D eigenvalue weighted by Gasteiger charge is 2.30. The van der Waals surface area contributed by atoms with Gasteiger partial charge in [0, 0.05) is 10.4 Å². The van der Waals surface area contributed by atoms with Crippen molar-refractivity contribution in [3.8, 4) is 5.75 Å². The molecule has 0 bridgehead atoms. The Morgan fingerprint density at radius 1 is 1.16 bits per heavy atom. The zero-order chi connectivity index (χ0) is 22.9. The van der Waals surface area contributed by atoms with Crippen molar-refractivity contribution < 1.29 is 23.8 Å². The largest absolute Gasteiger partial charge is 0.492 e. The average molecular weight is 453 g/mol. The lowest BCUT2D eigenvalue weighted by molar-refractivity contribution is -0.143. The highest BCUT2D eigenvalue weighted by atomic mass is 35.5. The Balaban J connectivity index is 1.60. The summed E-state index contributed by atoms with van der Waals surface area (Å²) in [7, 11) is 0. The molecule has 1 aromatic heterocycles. The molecule has 0 saturated carbocycles. The number of carbonyl (C=O) groups is 2. The first kappa shape index (κ1) is 21.6. The van der Waals surface area contributed by atoms with E-state index in [0.717, 1.165) is 10.8 Å². The lowest BCUT2D eigenvalue weighted by atomic mass is 10.0. The van der Waals surface area contributed by atoms with Gasteiger partial charge in [-0.25, -0.2) is 9.78 Å². The fourth-order valence-corrected chi connectivity index (χ4v) is 3.44. The van der Waals surface area contributed by atoms with Crippen LogP contribution in [-0.4, -0.2) is 34.1 Å². The standard InChI is InChI=1S/C24H21ClN2O5/c1-24(2,23(29)30)27-22(28)17-9-7-14-5-3-4-6-16(14)21(17)31-12-11-20-26-18-13-15(25)8-10-19(18)32-20/h3-10,13H,11-12H2,1-2H3,(H,27,28)(H,29,30). The third-order valence-electron chi connectivity index (χ3n) is 5.04. The molecule has 4 aromatic rings. The summed E-state index contributed by atoms with van der Waals surface area (Å²) in [6, 6.07) is 16.2. The first-order valence-corrected chi connectivity index (χ1v) is 10.4. The van der Waals surface area contributed by atoms with Crippen LogP contribution in [0, 0.1) is 0 Å². The van der Waals surface area contributed by atoms with Crippen LogP contribution < -0.4 is 10.1 Å². The average Bonchev–Trinajstić information content (AvgIpc) is 3.15. The lowest BCUT2D eigenvalue weighted by Crippen LogP contribution is -2.49. The highest BCUT2D eigenvalue weighted by molar-refractivity contribution is 6.31. The molecule has 7 nitrogen and oxygen atoms in total. The molecule has 8 heteroatoms. The summed E-state index contributed by atoms with van der Waals surface area (Å²) in [5.74, 6) is -0.804. The number of carbonyl (C=O) groups excluding carboxylic acids is 1. The lowest BCUT2D eigenvalue weighted by Gasteiger charge is -2.22. The molecule has 0 aliphatic carbocycles. The number of carboxylic acid groups (broad SMARTS) is 1. The molecule has 164 valence electrons. The van der Waals surface area contributed by atoms with E-state index in [1.165, 1.54) is 13.8 Å². The van der Waals surface area contributed by atoms with E-state index in [0.29, 0.717) is 34.2 Å². The molecule has 1 amide bonds. The number of oxazole rings is 1. The molecule has 1 heterocycles. The topological polar surface area (TPSA) is 102 Å². The van der Waals surface area contributed by atoms with E-state index in [9.17, 15) is 14.7 Å². The Morgan fingerprint density at radius 2 is 1.94 bits per heavy atom. The van der Waals surface area contributed by atoms with Crippen LogP contribution in [0.4, 0.5) is 0 Å². The molecule has 0 aliphatic heterocycles. The summed E-state index contributed by atoms with van der Waals surface area (Å²) < 4.78 is 11.8.